The zero-order valence-electron chi connectivity index (χ0n) is 13.4. The average molecular weight is 388 g/mol. The summed E-state index contributed by atoms with van der Waals surface area (Å²) in [5, 5.41) is 8.59. The summed E-state index contributed by atoms with van der Waals surface area (Å²) in [4.78, 5) is 23.8. The number of halogens is 3. The molecule has 1 aliphatic heterocycles. The summed E-state index contributed by atoms with van der Waals surface area (Å²) in [5.41, 5.74) is -0.886. The van der Waals surface area contributed by atoms with E-state index in [1.54, 1.807) is 0 Å². The van der Waals surface area contributed by atoms with Crippen LogP contribution in [0.2, 0.25) is 0 Å². The number of rotatable bonds is 6. The lowest BCUT2D eigenvalue weighted by Gasteiger charge is -2.11. The van der Waals surface area contributed by atoms with Crippen molar-refractivity contribution in [2.45, 2.75) is 30.6 Å². The normalized spacial score (nSPS) is 16.8. The van der Waals surface area contributed by atoms with Crippen LogP contribution in [0, 0.1) is 17.5 Å². The number of anilines is 1. The number of hydrogen-bond donors (Lipinski definition) is 2. The van der Waals surface area contributed by atoms with Gasteiger partial charge >= 0.3 is 5.69 Å². The molecule has 2 N–H and O–H groups in total. The van der Waals surface area contributed by atoms with Gasteiger partial charge in [0.2, 0.25) is 5.91 Å². The van der Waals surface area contributed by atoms with Crippen molar-refractivity contribution < 1.29 is 22.7 Å². The Morgan fingerprint density at radius 1 is 1.38 bits per heavy atom. The maximum Gasteiger partial charge on any atom is 0.344 e. The van der Waals surface area contributed by atoms with Gasteiger partial charge in [-0.3, -0.25) is 9.36 Å². The Balaban J connectivity index is 1.61. The molecule has 11 heteroatoms. The van der Waals surface area contributed by atoms with E-state index in [0.29, 0.717) is 19.2 Å². The topological polar surface area (TPSA) is 89.0 Å². The largest absolute Gasteiger partial charge is 0.376 e. The van der Waals surface area contributed by atoms with Gasteiger partial charge in [-0.05, 0) is 25.0 Å². The number of aromatic nitrogens is 3. The van der Waals surface area contributed by atoms with Crippen molar-refractivity contribution in [3.8, 4) is 0 Å². The molecule has 1 atom stereocenters. The van der Waals surface area contributed by atoms with E-state index in [4.69, 9.17) is 4.74 Å². The number of H-pyrrole nitrogens is 1. The molecule has 2 heterocycles. The predicted molar refractivity (Wildman–Crippen MR) is 87.5 cm³/mol. The number of benzene rings is 1. The highest BCUT2D eigenvalue weighted by Crippen LogP contribution is 2.21. The molecule has 26 heavy (non-hydrogen) atoms. The number of carbonyl (C=O) groups excluding carboxylic acids is 1. The van der Waals surface area contributed by atoms with E-state index in [1.165, 1.54) is 4.57 Å². The molecular weight excluding hydrogens is 373 g/mol. The van der Waals surface area contributed by atoms with Crippen molar-refractivity contribution in [3.05, 3.63) is 40.1 Å². The van der Waals surface area contributed by atoms with Crippen LogP contribution in [0.1, 0.15) is 12.8 Å². The first-order valence-corrected chi connectivity index (χ1v) is 8.77. The fraction of sp³-hybridized carbons (Fsp3) is 0.400. The SMILES string of the molecule is O=C(CSc1n[nH]c(=O)n1C[C@H]1CCCO1)Nc1ccc(F)c(F)c1F. The fourth-order valence-electron chi connectivity index (χ4n) is 2.51. The Morgan fingerprint density at radius 2 is 2.19 bits per heavy atom. The molecule has 0 bridgehead atoms. The smallest absolute Gasteiger partial charge is 0.344 e. The maximum atomic E-state index is 13.6. The van der Waals surface area contributed by atoms with Gasteiger partial charge in [0.15, 0.2) is 22.6 Å². The van der Waals surface area contributed by atoms with Crippen molar-refractivity contribution in [2.24, 2.45) is 0 Å². The second-order valence-corrected chi connectivity index (χ2v) is 6.56. The minimum Gasteiger partial charge on any atom is -0.376 e. The highest BCUT2D eigenvalue weighted by Gasteiger charge is 2.20. The number of amides is 1. The molecule has 1 amide bonds. The van der Waals surface area contributed by atoms with E-state index < -0.39 is 34.7 Å². The highest BCUT2D eigenvalue weighted by atomic mass is 32.2. The lowest BCUT2D eigenvalue weighted by Crippen LogP contribution is -2.25. The molecule has 1 aliphatic rings. The summed E-state index contributed by atoms with van der Waals surface area (Å²) < 4.78 is 46.5. The van der Waals surface area contributed by atoms with Crippen LogP contribution in [0.15, 0.2) is 22.1 Å². The average Bonchev–Trinajstić information content (AvgIpc) is 3.25. The van der Waals surface area contributed by atoms with E-state index in [2.05, 4.69) is 15.5 Å². The van der Waals surface area contributed by atoms with Crippen LogP contribution >= 0.6 is 11.8 Å². The molecule has 0 radical (unpaired) electrons. The number of carbonyl (C=O) groups is 1. The minimum atomic E-state index is -1.66. The summed E-state index contributed by atoms with van der Waals surface area (Å²) in [6.45, 7) is 0.957. The molecule has 7 nitrogen and oxygen atoms in total. The van der Waals surface area contributed by atoms with Gasteiger partial charge in [-0.2, -0.15) is 0 Å². The Morgan fingerprint density at radius 3 is 2.92 bits per heavy atom. The Bertz CT molecular complexity index is 864. The third kappa shape index (κ3) is 4.10. The monoisotopic (exact) mass is 388 g/mol. The molecule has 3 rings (SSSR count). The lowest BCUT2D eigenvalue weighted by molar-refractivity contribution is -0.113. The highest BCUT2D eigenvalue weighted by molar-refractivity contribution is 7.99. The summed E-state index contributed by atoms with van der Waals surface area (Å²) in [5.74, 6) is -5.33. The fourth-order valence-corrected chi connectivity index (χ4v) is 3.26. The quantitative estimate of drug-likeness (QED) is 0.583. The van der Waals surface area contributed by atoms with Crippen LogP contribution in [-0.4, -0.2) is 39.1 Å². The molecule has 1 aromatic heterocycles. The van der Waals surface area contributed by atoms with E-state index in [9.17, 15) is 22.8 Å². The van der Waals surface area contributed by atoms with Crippen LogP contribution in [0.5, 0.6) is 0 Å². The standard InChI is InChI=1S/C15H15F3N4O3S/c16-9-3-4-10(13(18)12(9)17)19-11(23)7-26-15-21-20-14(24)22(15)6-8-2-1-5-25-8/h3-4,8H,1-2,5-7H2,(H,19,23)(H,20,24)/t8-/m1/s1. The van der Waals surface area contributed by atoms with Crippen molar-refractivity contribution >= 4 is 23.4 Å². The van der Waals surface area contributed by atoms with Crippen molar-refractivity contribution in [2.75, 3.05) is 17.7 Å². The molecule has 0 saturated carbocycles. The summed E-state index contributed by atoms with van der Waals surface area (Å²) in [6, 6.07) is 1.65. The Hall–Kier alpha value is -2.27. The molecule has 2 aromatic rings. The molecule has 1 fully saturated rings. The lowest BCUT2D eigenvalue weighted by atomic mass is 10.2. The van der Waals surface area contributed by atoms with E-state index in [-0.39, 0.29) is 17.0 Å². The second kappa shape index (κ2) is 7.96. The van der Waals surface area contributed by atoms with E-state index in [1.807, 2.05) is 0 Å². The first-order chi connectivity index (χ1) is 12.5. The van der Waals surface area contributed by atoms with Gasteiger partial charge in [0.1, 0.15) is 0 Å². The third-order valence-corrected chi connectivity index (χ3v) is 4.75. The minimum absolute atomic E-state index is 0.0882. The van der Waals surface area contributed by atoms with Crippen molar-refractivity contribution in [1.29, 1.82) is 0 Å². The summed E-state index contributed by atoms with van der Waals surface area (Å²) in [6.07, 6.45) is 1.66. The third-order valence-electron chi connectivity index (χ3n) is 3.78. The second-order valence-electron chi connectivity index (χ2n) is 5.62. The van der Waals surface area contributed by atoms with E-state index >= 15 is 0 Å². The van der Waals surface area contributed by atoms with Crippen molar-refractivity contribution in [3.63, 3.8) is 0 Å². The van der Waals surface area contributed by atoms with Crippen molar-refractivity contribution in [1.82, 2.24) is 14.8 Å². The number of nitrogens with one attached hydrogen (secondary N) is 2. The van der Waals surface area contributed by atoms with Crippen LogP contribution < -0.4 is 11.0 Å². The summed E-state index contributed by atoms with van der Waals surface area (Å²) in [7, 11) is 0. The maximum absolute atomic E-state index is 13.6. The molecular formula is C15H15F3N4O3S. The van der Waals surface area contributed by atoms with Crippen LogP contribution in [-0.2, 0) is 16.1 Å². The number of thioether (sulfide) groups is 1. The first-order valence-electron chi connectivity index (χ1n) is 7.78. The van der Waals surface area contributed by atoms with Gasteiger partial charge in [0.05, 0.1) is 24.1 Å². The van der Waals surface area contributed by atoms with Gasteiger partial charge in [0.25, 0.3) is 0 Å². The predicted octanol–water partition coefficient (Wildman–Crippen LogP) is 1.90. The zero-order chi connectivity index (χ0) is 18.7. The van der Waals surface area contributed by atoms with Crippen LogP contribution in [0.4, 0.5) is 18.9 Å². The van der Waals surface area contributed by atoms with Gasteiger partial charge in [-0.15, -0.1) is 5.10 Å². The Labute approximate surface area is 149 Å². The molecule has 0 unspecified atom stereocenters. The van der Waals surface area contributed by atoms with Crippen LogP contribution in [0.3, 0.4) is 0 Å². The molecule has 1 aromatic carbocycles. The van der Waals surface area contributed by atoms with Gasteiger partial charge in [-0.25, -0.2) is 23.1 Å². The molecule has 0 aliphatic carbocycles. The van der Waals surface area contributed by atoms with Gasteiger partial charge in [0, 0.05) is 6.61 Å². The molecule has 140 valence electrons. The first kappa shape index (κ1) is 18.5. The molecule has 1 saturated heterocycles. The summed E-state index contributed by atoms with van der Waals surface area (Å²) >= 11 is 0.955. The Kier molecular flexibility index (Phi) is 5.67. The number of nitrogens with zero attached hydrogens (tertiary/aromatic N) is 2. The van der Waals surface area contributed by atoms with Crippen LogP contribution in [0.25, 0.3) is 0 Å². The van der Waals surface area contributed by atoms with E-state index in [0.717, 1.165) is 30.7 Å². The number of aromatic amines is 1. The zero-order valence-corrected chi connectivity index (χ0v) is 14.2. The number of hydrogen-bond acceptors (Lipinski definition) is 5. The van der Waals surface area contributed by atoms with Gasteiger partial charge < -0.3 is 10.1 Å². The number of ether oxygens (including phenoxy) is 1. The van der Waals surface area contributed by atoms with Gasteiger partial charge in [-0.1, -0.05) is 11.8 Å². The molecule has 0 spiro atoms.